The van der Waals surface area contributed by atoms with Crippen molar-refractivity contribution in [1.29, 1.82) is 0 Å². The lowest BCUT2D eigenvalue weighted by Gasteiger charge is -2.14. The molecule has 6 nitrogen and oxygen atoms in total. The molecule has 1 atom stereocenters. The fourth-order valence-electron chi connectivity index (χ4n) is 2.26. The van der Waals surface area contributed by atoms with Gasteiger partial charge in [-0.2, -0.15) is 0 Å². The zero-order valence-electron chi connectivity index (χ0n) is 14.3. The maximum atomic E-state index is 12.1. The minimum atomic E-state index is -1.05. The lowest BCUT2D eigenvalue weighted by Crippen LogP contribution is -2.46. The molecule has 6 heteroatoms. The number of carbonyl (C=O) groups is 3. The Kier molecular flexibility index (Phi) is 5.89. The van der Waals surface area contributed by atoms with Gasteiger partial charge in [-0.1, -0.05) is 35.4 Å². The normalized spacial score (nSPS) is 11.3. The number of aryl methyl sites for hydroxylation is 2. The van der Waals surface area contributed by atoms with E-state index in [1.165, 1.54) is 6.92 Å². The van der Waals surface area contributed by atoms with Gasteiger partial charge >= 0.3 is 5.97 Å². The van der Waals surface area contributed by atoms with E-state index in [1.807, 2.05) is 19.9 Å². The molecule has 2 aromatic carbocycles. The first-order chi connectivity index (χ1) is 11.9. The van der Waals surface area contributed by atoms with Crippen LogP contribution in [0.15, 0.2) is 48.5 Å². The highest BCUT2D eigenvalue weighted by Crippen LogP contribution is 2.11. The van der Waals surface area contributed by atoms with Gasteiger partial charge in [0, 0.05) is 5.56 Å². The van der Waals surface area contributed by atoms with Gasteiger partial charge in [0.05, 0.1) is 5.56 Å². The summed E-state index contributed by atoms with van der Waals surface area (Å²) in [4.78, 5) is 36.0. The third-order valence-corrected chi connectivity index (χ3v) is 3.45. The Labute approximate surface area is 146 Å². The molecule has 130 valence electrons. The highest BCUT2D eigenvalue weighted by atomic mass is 16.5. The smallest absolute Gasteiger partial charge is 0.338 e. The van der Waals surface area contributed by atoms with Gasteiger partial charge in [0.1, 0.15) is 0 Å². The van der Waals surface area contributed by atoms with Crippen molar-refractivity contribution in [2.45, 2.75) is 26.9 Å². The minimum absolute atomic E-state index is 0.380. The standard InChI is InChI=1S/C19H20N2O4/c1-12-9-13(2)11-16(10-12)19(24)25-14(3)17(22)20-21-18(23)15-7-5-4-6-8-15/h4-11,14H,1-3H3,(H,20,22)(H,21,23)/t14-/m1/s1. The van der Waals surface area contributed by atoms with Gasteiger partial charge in [0.2, 0.25) is 0 Å². The summed E-state index contributed by atoms with van der Waals surface area (Å²) in [6, 6.07) is 13.8. The van der Waals surface area contributed by atoms with Crippen LogP contribution in [0.1, 0.15) is 38.8 Å². The van der Waals surface area contributed by atoms with Crippen molar-refractivity contribution < 1.29 is 19.1 Å². The van der Waals surface area contributed by atoms with Crippen molar-refractivity contribution in [1.82, 2.24) is 10.9 Å². The van der Waals surface area contributed by atoms with Crippen LogP contribution in [0.5, 0.6) is 0 Å². The summed E-state index contributed by atoms with van der Waals surface area (Å²) in [6.45, 7) is 5.18. The van der Waals surface area contributed by atoms with Crippen LogP contribution in [0, 0.1) is 13.8 Å². The first-order valence-electron chi connectivity index (χ1n) is 7.81. The van der Waals surface area contributed by atoms with Crippen LogP contribution in [-0.4, -0.2) is 23.9 Å². The molecule has 2 aromatic rings. The average Bonchev–Trinajstić information content (AvgIpc) is 2.59. The zero-order chi connectivity index (χ0) is 18.4. The van der Waals surface area contributed by atoms with Crippen LogP contribution >= 0.6 is 0 Å². The second-order valence-electron chi connectivity index (χ2n) is 5.73. The topological polar surface area (TPSA) is 84.5 Å². The van der Waals surface area contributed by atoms with Crippen molar-refractivity contribution in [3.63, 3.8) is 0 Å². The molecule has 0 spiro atoms. The van der Waals surface area contributed by atoms with E-state index in [-0.39, 0.29) is 0 Å². The Morgan fingerprint density at radius 1 is 0.880 bits per heavy atom. The minimum Gasteiger partial charge on any atom is -0.449 e. The molecule has 0 aliphatic carbocycles. The fraction of sp³-hybridized carbons (Fsp3) is 0.211. The molecule has 0 unspecified atom stereocenters. The van der Waals surface area contributed by atoms with Crippen LogP contribution in [-0.2, 0) is 9.53 Å². The van der Waals surface area contributed by atoms with E-state index in [0.717, 1.165) is 11.1 Å². The number of hydrogen-bond donors (Lipinski definition) is 2. The summed E-state index contributed by atoms with van der Waals surface area (Å²) in [6.07, 6.45) is -1.05. The molecule has 25 heavy (non-hydrogen) atoms. The van der Waals surface area contributed by atoms with Crippen LogP contribution in [0.25, 0.3) is 0 Å². The van der Waals surface area contributed by atoms with Crippen molar-refractivity contribution in [3.05, 3.63) is 70.8 Å². The number of nitrogens with one attached hydrogen (secondary N) is 2. The molecular formula is C19H20N2O4. The summed E-state index contributed by atoms with van der Waals surface area (Å²) in [7, 11) is 0. The van der Waals surface area contributed by atoms with E-state index in [0.29, 0.717) is 11.1 Å². The lowest BCUT2D eigenvalue weighted by molar-refractivity contribution is -0.129. The predicted octanol–water partition coefficient (Wildman–Crippen LogP) is 2.31. The first-order valence-corrected chi connectivity index (χ1v) is 7.81. The maximum Gasteiger partial charge on any atom is 0.338 e. The van der Waals surface area contributed by atoms with Crippen molar-refractivity contribution in [2.24, 2.45) is 0 Å². The predicted molar refractivity (Wildman–Crippen MR) is 92.8 cm³/mol. The number of benzene rings is 2. The van der Waals surface area contributed by atoms with E-state index < -0.39 is 23.9 Å². The van der Waals surface area contributed by atoms with Crippen molar-refractivity contribution >= 4 is 17.8 Å². The third-order valence-electron chi connectivity index (χ3n) is 3.45. The van der Waals surface area contributed by atoms with Gasteiger partial charge in [-0.25, -0.2) is 4.79 Å². The van der Waals surface area contributed by atoms with Crippen molar-refractivity contribution in [3.8, 4) is 0 Å². The largest absolute Gasteiger partial charge is 0.449 e. The van der Waals surface area contributed by atoms with E-state index in [1.54, 1.807) is 42.5 Å². The van der Waals surface area contributed by atoms with Crippen LogP contribution in [0.4, 0.5) is 0 Å². The van der Waals surface area contributed by atoms with Gasteiger partial charge in [0.15, 0.2) is 6.10 Å². The zero-order valence-corrected chi connectivity index (χ0v) is 14.3. The average molecular weight is 340 g/mol. The van der Waals surface area contributed by atoms with Gasteiger partial charge in [0.25, 0.3) is 11.8 Å². The lowest BCUT2D eigenvalue weighted by atomic mass is 10.1. The number of hydrazine groups is 1. The maximum absolute atomic E-state index is 12.1. The summed E-state index contributed by atoms with van der Waals surface area (Å²) in [5.41, 5.74) is 7.17. The Morgan fingerprint density at radius 2 is 1.48 bits per heavy atom. The molecule has 0 bridgehead atoms. The molecule has 0 radical (unpaired) electrons. The second-order valence-corrected chi connectivity index (χ2v) is 5.73. The molecular weight excluding hydrogens is 320 g/mol. The molecule has 0 aliphatic rings. The highest BCUT2D eigenvalue weighted by molar-refractivity contribution is 5.96. The molecule has 0 aliphatic heterocycles. The number of amides is 2. The van der Waals surface area contributed by atoms with Crippen molar-refractivity contribution in [2.75, 3.05) is 0 Å². The Balaban J connectivity index is 1.89. The molecule has 0 fully saturated rings. The van der Waals surface area contributed by atoms with E-state index in [2.05, 4.69) is 10.9 Å². The van der Waals surface area contributed by atoms with Crippen LogP contribution in [0.3, 0.4) is 0 Å². The number of ether oxygens (including phenoxy) is 1. The van der Waals surface area contributed by atoms with Crippen LogP contribution in [0.2, 0.25) is 0 Å². The van der Waals surface area contributed by atoms with E-state index in [4.69, 9.17) is 4.74 Å². The quantitative estimate of drug-likeness (QED) is 0.661. The molecule has 0 aromatic heterocycles. The van der Waals surface area contributed by atoms with Crippen LogP contribution < -0.4 is 10.9 Å². The third kappa shape index (κ3) is 5.17. The Bertz CT molecular complexity index is 767. The van der Waals surface area contributed by atoms with Gasteiger partial charge in [-0.3, -0.25) is 20.4 Å². The molecule has 0 heterocycles. The number of esters is 1. The Hall–Kier alpha value is -3.15. The van der Waals surface area contributed by atoms with E-state index >= 15 is 0 Å². The summed E-state index contributed by atoms with van der Waals surface area (Å²) in [5, 5.41) is 0. The van der Waals surface area contributed by atoms with E-state index in [9.17, 15) is 14.4 Å². The van der Waals surface area contributed by atoms with Gasteiger partial charge in [-0.05, 0) is 45.0 Å². The number of rotatable bonds is 4. The molecule has 0 saturated carbocycles. The molecule has 2 rings (SSSR count). The summed E-state index contributed by atoms with van der Waals surface area (Å²) in [5.74, 6) is -1.67. The van der Waals surface area contributed by atoms with Gasteiger partial charge < -0.3 is 4.74 Å². The first kappa shape index (κ1) is 18.2. The second kappa shape index (κ2) is 8.10. The SMILES string of the molecule is Cc1cc(C)cc(C(=O)O[C@H](C)C(=O)NNC(=O)c2ccccc2)c1. The fourth-order valence-corrected chi connectivity index (χ4v) is 2.26. The van der Waals surface area contributed by atoms with Gasteiger partial charge in [-0.15, -0.1) is 0 Å². The monoisotopic (exact) mass is 340 g/mol. The molecule has 2 N–H and O–H groups in total. The molecule has 2 amide bonds. The summed E-state index contributed by atoms with van der Waals surface area (Å²) >= 11 is 0. The molecule has 0 saturated heterocycles. The summed E-state index contributed by atoms with van der Waals surface area (Å²) < 4.78 is 5.14. The highest BCUT2D eigenvalue weighted by Gasteiger charge is 2.20. The number of hydrogen-bond acceptors (Lipinski definition) is 4. The number of carbonyl (C=O) groups excluding carboxylic acids is 3. The Morgan fingerprint density at radius 3 is 2.08 bits per heavy atom.